The van der Waals surface area contributed by atoms with E-state index in [2.05, 4.69) is 10.1 Å². The fourth-order valence-corrected chi connectivity index (χ4v) is 4.44. The minimum atomic E-state index is -0.491. The number of hydrogen-bond acceptors (Lipinski definition) is 4. The van der Waals surface area contributed by atoms with E-state index in [0.29, 0.717) is 40.9 Å². The van der Waals surface area contributed by atoms with Crippen LogP contribution < -0.4 is 0 Å². The summed E-state index contributed by atoms with van der Waals surface area (Å²) in [6.45, 7) is 1.03. The molecule has 10 heteroatoms. The second-order valence-electron chi connectivity index (χ2n) is 8.23. The molecule has 0 bridgehead atoms. The Morgan fingerprint density at radius 1 is 1.32 bits per heavy atom. The number of halogens is 2. The summed E-state index contributed by atoms with van der Waals surface area (Å²) >= 11 is 6.10. The first-order chi connectivity index (χ1) is 14.8. The summed E-state index contributed by atoms with van der Waals surface area (Å²) < 4.78 is 15.4. The smallest absolute Gasteiger partial charge is 0.270 e. The summed E-state index contributed by atoms with van der Waals surface area (Å²) in [6, 6.07) is 4.12. The van der Waals surface area contributed by atoms with Gasteiger partial charge in [-0.1, -0.05) is 11.6 Å². The number of carbonyl (C=O) groups is 2. The van der Waals surface area contributed by atoms with Crippen LogP contribution in [0.3, 0.4) is 0 Å². The van der Waals surface area contributed by atoms with E-state index in [1.807, 2.05) is 0 Å². The Morgan fingerprint density at radius 3 is 2.81 bits per heavy atom. The molecule has 0 saturated heterocycles. The number of benzene rings is 1. The van der Waals surface area contributed by atoms with Crippen LogP contribution in [0.2, 0.25) is 5.02 Å². The van der Waals surface area contributed by atoms with Crippen molar-refractivity contribution < 1.29 is 19.1 Å². The summed E-state index contributed by atoms with van der Waals surface area (Å²) in [6.07, 6.45) is 3.06. The lowest BCUT2D eigenvalue weighted by Crippen LogP contribution is -2.43. The highest BCUT2D eigenvalue weighted by molar-refractivity contribution is 6.35. The highest BCUT2D eigenvalue weighted by atomic mass is 35.5. The standard InChI is InChI=1S/C21H21ClFN5O3/c1-26(21(11-29)2-3-21)19(30)14-9-24-28-5-4-27(10-18(14)28)20(31)17-8-13-15(22)6-12(23)7-16(13)25-17/h6-9,25,29H,2-5,10-11H2,1H3. The van der Waals surface area contributed by atoms with Gasteiger partial charge in [0.05, 0.1) is 53.2 Å². The molecule has 1 aromatic carbocycles. The van der Waals surface area contributed by atoms with Gasteiger partial charge in [0.1, 0.15) is 11.5 Å². The van der Waals surface area contributed by atoms with Crippen LogP contribution in [0, 0.1) is 5.82 Å². The predicted molar refractivity (Wildman–Crippen MR) is 111 cm³/mol. The van der Waals surface area contributed by atoms with Crippen molar-refractivity contribution in [2.75, 3.05) is 20.2 Å². The minimum absolute atomic E-state index is 0.0765. The lowest BCUT2D eigenvalue weighted by molar-refractivity contribution is 0.0608. The SMILES string of the molecule is CN(C(=O)c1cnn2c1CN(C(=O)c1cc3c(Cl)cc(F)cc3[nH]1)CC2)C1(CO)CC1. The number of aliphatic hydroxyl groups excluding tert-OH is 1. The van der Waals surface area contributed by atoms with Gasteiger partial charge in [-0.05, 0) is 31.0 Å². The van der Waals surface area contributed by atoms with Crippen molar-refractivity contribution in [1.29, 1.82) is 0 Å². The number of hydrogen-bond donors (Lipinski definition) is 2. The summed E-state index contributed by atoms with van der Waals surface area (Å²) in [4.78, 5) is 32.3. The monoisotopic (exact) mass is 445 g/mol. The number of aromatic amines is 1. The van der Waals surface area contributed by atoms with E-state index < -0.39 is 11.4 Å². The molecule has 1 fully saturated rings. The molecule has 2 amide bonds. The van der Waals surface area contributed by atoms with E-state index in [1.54, 1.807) is 27.6 Å². The van der Waals surface area contributed by atoms with Gasteiger partial charge in [-0.2, -0.15) is 5.10 Å². The number of fused-ring (bicyclic) bond motifs is 2. The topological polar surface area (TPSA) is 94.5 Å². The highest BCUT2D eigenvalue weighted by Crippen LogP contribution is 2.41. The van der Waals surface area contributed by atoms with Crippen LogP contribution in [0.4, 0.5) is 4.39 Å². The molecule has 1 aliphatic carbocycles. The number of aromatic nitrogens is 3. The van der Waals surface area contributed by atoms with Gasteiger partial charge in [-0.25, -0.2) is 4.39 Å². The third-order valence-corrected chi connectivity index (χ3v) is 6.72. The molecule has 1 saturated carbocycles. The van der Waals surface area contributed by atoms with E-state index in [4.69, 9.17) is 11.6 Å². The van der Waals surface area contributed by atoms with Gasteiger partial charge in [-0.3, -0.25) is 14.3 Å². The van der Waals surface area contributed by atoms with E-state index in [0.717, 1.165) is 12.8 Å². The average molecular weight is 446 g/mol. The number of aliphatic hydroxyl groups is 1. The predicted octanol–water partition coefficient (Wildman–Crippen LogP) is 2.41. The molecular formula is C21H21ClFN5O3. The van der Waals surface area contributed by atoms with Crippen LogP contribution in [0.5, 0.6) is 0 Å². The normalized spacial score (nSPS) is 17.0. The van der Waals surface area contributed by atoms with Crippen molar-refractivity contribution >= 4 is 34.3 Å². The van der Waals surface area contributed by atoms with Crippen molar-refractivity contribution in [3.8, 4) is 0 Å². The number of carbonyl (C=O) groups excluding carboxylic acids is 2. The number of H-pyrrole nitrogens is 1. The van der Waals surface area contributed by atoms with Crippen molar-refractivity contribution in [3.05, 3.63) is 52.2 Å². The Hall–Kier alpha value is -2.91. The molecular weight excluding hydrogens is 425 g/mol. The molecule has 3 heterocycles. The van der Waals surface area contributed by atoms with Crippen LogP contribution in [-0.2, 0) is 13.1 Å². The number of amides is 2. The van der Waals surface area contributed by atoms with Gasteiger partial charge in [0.25, 0.3) is 11.8 Å². The Morgan fingerprint density at radius 2 is 2.10 bits per heavy atom. The Kier molecular flexibility index (Phi) is 4.56. The lowest BCUT2D eigenvalue weighted by Gasteiger charge is -2.30. The molecule has 31 heavy (non-hydrogen) atoms. The molecule has 2 aromatic heterocycles. The lowest BCUT2D eigenvalue weighted by atomic mass is 10.1. The third-order valence-electron chi connectivity index (χ3n) is 6.41. The molecule has 1 aliphatic heterocycles. The molecule has 2 aliphatic rings. The number of nitrogens with one attached hydrogen (secondary N) is 1. The highest BCUT2D eigenvalue weighted by Gasteiger charge is 2.48. The molecule has 0 atom stereocenters. The third kappa shape index (κ3) is 3.19. The maximum atomic E-state index is 13.6. The van der Waals surface area contributed by atoms with Crippen molar-refractivity contribution in [1.82, 2.24) is 24.6 Å². The summed E-state index contributed by atoms with van der Waals surface area (Å²) in [5, 5.41) is 14.8. The zero-order valence-electron chi connectivity index (χ0n) is 16.9. The number of nitrogens with zero attached hydrogens (tertiary/aromatic N) is 4. The largest absolute Gasteiger partial charge is 0.394 e. The Labute approximate surface area is 182 Å². The van der Waals surface area contributed by atoms with Crippen LogP contribution in [-0.4, -0.2) is 67.2 Å². The molecule has 0 unspecified atom stereocenters. The zero-order valence-corrected chi connectivity index (χ0v) is 17.6. The Bertz CT molecular complexity index is 1220. The maximum Gasteiger partial charge on any atom is 0.270 e. The first-order valence-corrected chi connectivity index (χ1v) is 10.4. The molecule has 5 rings (SSSR count). The zero-order chi connectivity index (χ0) is 21.9. The average Bonchev–Trinajstić information content (AvgIpc) is 3.25. The van der Waals surface area contributed by atoms with Gasteiger partial charge in [0.2, 0.25) is 0 Å². The van der Waals surface area contributed by atoms with E-state index >= 15 is 0 Å². The summed E-state index contributed by atoms with van der Waals surface area (Å²) in [7, 11) is 1.69. The quantitative estimate of drug-likeness (QED) is 0.644. The minimum Gasteiger partial charge on any atom is -0.394 e. The van der Waals surface area contributed by atoms with Gasteiger partial charge in [0.15, 0.2) is 0 Å². The van der Waals surface area contributed by atoms with Gasteiger partial charge in [-0.15, -0.1) is 0 Å². The second-order valence-corrected chi connectivity index (χ2v) is 8.64. The fourth-order valence-electron chi connectivity index (χ4n) is 4.18. The van der Waals surface area contributed by atoms with Crippen molar-refractivity contribution in [2.24, 2.45) is 0 Å². The molecule has 0 spiro atoms. The first kappa shape index (κ1) is 20.0. The molecule has 2 N–H and O–H groups in total. The molecule has 162 valence electrons. The fraction of sp³-hybridized carbons (Fsp3) is 0.381. The van der Waals surface area contributed by atoms with E-state index in [1.165, 1.54) is 18.3 Å². The van der Waals surface area contributed by atoms with Gasteiger partial charge < -0.3 is 19.9 Å². The van der Waals surface area contributed by atoms with Gasteiger partial charge >= 0.3 is 0 Å². The van der Waals surface area contributed by atoms with Crippen molar-refractivity contribution in [3.63, 3.8) is 0 Å². The van der Waals surface area contributed by atoms with Crippen molar-refractivity contribution in [2.45, 2.75) is 31.5 Å². The van der Waals surface area contributed by atoms with E-state index in [9.17, 15) is 19.1 Å². The van der Waals surface area contributed by atoms with Gasteiger partial charge in [0, 0.05) is 19.0 Å². The van der Waals surface area contributed by atoms with Crippen LogP contribution >= 0.6 is 11.6 Å². The molecule has 8 nitrogen and oxygen atoms in total. The van der Waals surface area contributed by atoms with Crippen LogP contribution in [0.15, 0.2) is 24.4 Å². The second kappa shape index (κ2) is 7.06. The van der Waals surface area contributed by atoms with Crippen LogP contribution in [0.25, 0.3) is 10.9 Å². The maximum absolute atomic E-state index is 13.6. The number of rotatable bonds is 4. The Balaban J connectivity index is 1.41. The van der Waals surface area contributed by atoms with Crippen LogP contribution in [0.1, 0.15) is 39.4 Å². The molecule has 3 aromatic rings. The summed E-state index contributed by atoms with van der Waals surface area (Å²) in [5.74, 6) is -0.959. The first-order valence-electron chi connectivity index (χ1n) is 10.0. The summed E-state index contributed by atoms with van der Waals surface area (Å²) in [5.41, 5.74) is 1.35. The van der Waals surface area contributed by atoms with E-state index in [-0.39, 0.29) is 30.0 Å². The number of likely N-dealkylation sites (N-methyl/N-ethyl adjacent to an activating group) is 1. The molecule has 0 radical (unpaired) electrons.